The van der Waals surface area contributed by atoms with Crippen molar-refractivity contribution in [3.8, 4) is 11.1 Å². The van der Waals surface area contributed by atoms with Crippen LogP contribution in [0.25, 0.3) is 32.7 Å². The number of fused-ring (bicyclic) bond motifs is 7. The third-order valence-corrected chi connectivity index (χ3v) is 8.88. The molecule has 1 aliphatic rings. The lowest BCUT2D eigenvalue weighted by molar-refractivity contribution is -0.119. The molecule has 0 aromatic heterocycles. The number of carbonyl (C=O) groups is 1. The molecule has 44 heavy (non-hydrogen) atoms. The van der Waals surface area contributed by atoms with Crippen molar-refractivity contribution in [2.45, 2.75) is 13.1 Å². The highest BCUT2D eigenvalue weighted by Gasteiger charge is 2.26. The summed E-state index contributed by atoms with van der Waals surface area (Å²) in [6, 6.07) is 41.7. The summed E-state index contributed by atoms with van der Waals surface area (Å²) in [6.07, 6.45) is 0. The first-order valence-electron chi connectivity index (χ1n) is 14.8. The first-order valence-corrected chi connectivity index (χ1v) is 15.2. The summed E-state index contributed by atoms with van der Waals surface area (Å²) in [5, 5.41) is 5.52. The van der Waals surface area contributed by atoms with Crippen LogP contribution < -0.4 is 4.90 Å². The van der Waals surface area contributed by atoms with Crippen LogP contribution in [0, 0.1) is 0 Å². The summed E-state index contributed by atoms with van der Waals surface area (Å²) in [7, 11) is 3.61. The van der Waals surface area contributed by atoms with Gasteiger partial charge in [-0.1, -0.05) is 115 Å². The van der Waals surface area contributed by atoms with Crippen LogP contribution in [-0.4, -0.2) is 37.2 Å². The van der Waals surface area contributed by atoms with Gasteiger partial charge in [0.15, 0.2) is 0 Å². The second-order valence-electron chi connectivity index (χ2n) is 11.3. The lowest BCUT2D eigenvalue weighted by atomic mass is 9.88. The summed E-state index contributed by atoms with van der Waals surface area (Å²) in [5.74, 6) is 0.00339. The predicted molar refractivity (Wildman–Crippen MR) is 184 cm³/mol. The minimum Gasteiger partial charge on any atom is -0.314 e. The van der Waals surface area contributed by atoms with Crippen molar-refractivity contribution in [2.24, 2.45) is 4.99 Å². The molecule has 7 rings (SSSR count). The highest BCUT2D eigenvalue weighted by atomic mass is 35.5. The van der Waals surface area contributed by atoms with Crippen molar-refractivity contribution in [3.05, 3.63) is 149 Å². The molecule has 6 aromatic rings. The fourth-order valence-corrected chi connectivity index (χ4v) is 6.73. The maximum absolute atomic E-state index is 14.1. The normalized spacial score (nSPS) is 13.4. The number of halogens is 1. The Morgan fingerprint density at radius 1 is 0.750 bits per heavy atom. The summed E-state index contributed by atoms with van der Waals surface area (Å²) in [5.41, 5.74) is 8.35. The number of hydrogen-bond acceptors (Lipinski definition) is 3. The topological polar surface area (TPSA) is 35.9 Å². The maximum atomic E-state index is 14.1. The molecule has 216 valence electrons. The second-order valence-corrected chi connectivity index (χ2v) is 11.8. The van der Waals surface area contributed by atoms with Crippen LogP contribution in [0.15, 0.2) is 126 Å². The Bertz CT molecular complexity index is 1980. The molecule has 0 unspecified atom stereocenters. The van der Waals surface area contributed by atoms with E-state index in [4.69, 9.17) is 11.6 Å². The van der Waals surface area contributed by atoms with Gasteiger partial charge in [0.1, 0.15) is 0 Å². The standard InChI is InChI=1S/C39H32ClN3O/c1-41-39(28-12-4-3-5-13-28)34-22-31(40)20-21-35(34)42(2)36(44)25-43-23-29-18-16-26-10-6-8-14-32(26)37(29)38-30(24-43)19-17-27-11-7-9-15-33(27)38/h3-22H,23-25H2,1-2H3. The number of benzene rings is 6. The number of likely N-dealkylation sites (N-methyl/N-ethyl adjacent to an activating group) is 1. The Morgan fingerprint density at radius 2 is 1.32 bits per heavy atom. The van der Waals surface area contributed by atoms with E-state index < -0.39 is 0 Å². The number of carbonyl (C=O) groups excluding carboxylic acids is 1. The Morgan fingerprint density at radius 3 is 1.91 bits per heavy atom. The van der Waals surface area contributed by atoms with Crippen molar-refractivity contribution in [3.63, 3.8) is 0 Å². The number of amides is 1. The molecule has 0 atom stereocenters. The minimum atomic E-state index is 0.00339. The zero-order valence-corrected chi connectivity index (χ0v) is 25.6. The maximum Gasteiger partial charge on any atom is 0.240 e. The van der Waals surface area contributed by atoms with Crippen LogP contribution in [0.4, 0.5) is 5.69 Å². The lowest BCUT2D eigenvalue weighted by Gasteiger charge is -2.26. The van der Waals surface area contributed by atoms with Gasteiger partial charge in [-0.15, -0.1) is 0 Å². The lowest BCUT2D eigenvalue weighted by Crippen LogP contribution is -2.38. The fraction of sp³-hybridized carbons (Fsp3) is 0.128. The quantitative estimate of drug-likeness (QED) is 0.187. The first-order chi connectivity index (χ1) is 21.5. The van der Waals surface area contributed by atoms with Gasteiger partial charge in [0, 0.05) is 43.3 Å². The van der Waals surface area contributed by atoms with Crippen molar-refractivity contribution in [2.75, 3.05) is 25.5 Å². The highest BCUT2D eigenvalue weighted by Crippen LogP contribution is 2.42. The van der Waals surface area contributed by atoms with E-state index in [-0.39, 0.29) is 12.5 Å². The molecule has 6 aromatic carbocycles. The third kappa shape index (κ3) is 5.06. The summed E-state index contributed by atoms with van der Waals surface area (Å²) < 4.78 is 0. The molecule has 0 saturated carbocycles. The van der Waals surface area contributed by atoms with E-state index >= 15 is 0 Å². The van der Waals surface area contributed by atoms with Gasteiger partial charge >= 0.3 is 0 Å². The van der Waals surface area contributed by atoms with Gasteiger partial charge < -0.3 is 4.90 Å². The average molecular weight is 594 g/mol. The van der Waals surface area contributed by atoms with E-state index in [1.54, 1.807) is 11.9 Å². The minimum absolute atomic E-state index is 0.00339. The van der Waals surface area contributed by atoms with Crippen molar-refractivity contribution < 1.29 is 4.79 Å². The molecule has 1 heterocycles. The van der Waals surface area contributed by atoms with Crippen molar-refractivity contribution in [1.29, 1.82) is 0 Å². The molecule has 0 N–H and O–H groups in total. The number of hydrogen-bond donors (Lipinski definition) is 0. The van der Waals surface area contributed by atoms with Crippen LogP contribution in [0.3, 0.4) is 0 Å². The number of rotatable bonds is 5. The Balaban J connectivity index is 1.27. The van der Waals surface area contributed by atoms with Crippen molar-refractivity contribution in [1.82, 2.24) is 4.90 Å². The van der Waals surface area contributed by atoms with Crippen molar-refractivity contribution >= 4 is 50.5 Å². The molecule has 1 aliphatic heterocycles. The first kappa shape index (κ1) is 28.0. The van der Waals surface area contributed by atoms with Gasteiger partial charge in [-0.25, -0.2) is 0 Å². The third-order valence-electron chi connectivity index (χ3n) is 8.65. The van der Waals surface area contributed by atoms with Crippen LogP contribution in [0.2, 0.25) is 5.02 Å². The van der Waals surface area contributed by atoms with Gasteiger partial charge in [0.25, 0.3) is 0 Å². The molecule has 1 amide bonds. The summed E-state index contributed by atoms with van der Waals surface area (Å²) in [6.45, 7) is 1.60. The van der Waals surface area contributed by atoms with E-state index in [9.17, 15) is 4.79 Å². The van der Waals surface area contributed by atoms with Gasteiger partial charge in [-0.05, 0) is 62.0 Å². The average Bonchev–Trinajstić information content (AvgIpc) is 3.22. The Hall–Kier alpha value is -4.77. The molecule has 0 fully saturated rings. The van der Waals surface area contributed by atoms with Gasteiger partial charge in [0.05, 0.1) is 17.9 Å². The molecule has 4 nitrogen and oxygen atoms in total. The number of anilines is 1. The molecule has 5 heteroatoms. The largest absolute Gasteiger partial charge is 0.314 e. The molecule has 0 bridgehead atoms. The van der Waals surface area contributed by atoms with Gasteiger partial charge in [0.2, 0.25) is 5.91 Å². The molecule has 0 aliphatic carbocycles. The van der Waals surface area contributed by atoms with E-state index in [0.717, 1.165) is 22.5 Å². The molecular formula is C39H32ClN3O. The van der Waals surface area contributed by atoms with E-state index in [0.29, 0.717) is 18.1 Å². The summed E-state index contributed by atoms with van der Waals surface area (Å²) in [4.78, 5) is 22.7. The number of aliphatic imine (C=N–C) groups is 1. The van der Waals surface area contributed by atoms with Crippen LogP contribution in [0.1, 0.15) is 22.3 Å². The molecular weight excluding hydrogens is 562 g/mol. The SMILES string of the molecule is CN=C(c1ccccc1)c1cc(Cl)ccc1N(C)C(=O)CN1Cc2ccc3ccccc3c2-c2c(ccc3ccccc23)C1. The summed E-state index contributed by atoms with van der Waals surface area (Å²) >= 11 is 6.48. The van der Waals surface area contributed by atoms with Gasteiger partial charge in [-0.3, -0.25) is 14.7 Å². The van der Waals surface area contributed by atoms with Crippen LogP contribution in [-0.2, 0) is 17.9 Å². The van der Waals surface area contributed by atoms with E-state index in [2.05, 4.69) is 82.7 Å². The Kier molecular flexibility index (Phi) is 7.47. The van der Waals surface area contributed by atoms with Crippen LogP contribution in [0.5, 0.6) is 0 Å². The van der Waals surface area contributed by atoms with E-state index in [1.165, 1.54) is 43.8 Å². The Labute approximate surface area is 262 Å². The molecule has 0 spiro atoms. The van der Waals surface area contributed by atoms with Crippen LogP contribution >= 0.6 is 11.6 Å². The fourth-order valence-electron chi connectivity index (χ4n) is 6.56. The second kappa shape index (κ2) is 11.7. The molecule has 0 radical (unpaired) electrons. The van der Waals surface area contributed by atoms with E-state index in [1.807, 2.05) is 55.6 Å². The van der Waals surface area contributed by atoms with Gasteiger partial charge in [-0.2, -0.15) is 0 Å². The smallest absolute Gasteiger partial charge is 0.240 e. The predicted octanol–water partition coefficient (Wildman–Crippen LogP) is 8.76. The zero-order valence-electron chi connectivity index (χ0n) is 24.8. The monoisotopic (exact) mass is 593 g/mol. The zero-order chi connectivity index (χ0) is 30.2. The molecule has 0 saturated heterocycles. The number of nitrogens with zero attached hydrogens (tertiary/aromatic N) is 3. The highest BCUT2D eigenvalue weighted by molar-refractivity contribution is 6.31.